The van der Waals surface area contributed by atoms with Gasteiger partial charge in [-0.25, -0.2) is 0 Å². The van der Waals surface area contributed by atoms with Crippen molar-refractivity contribution in [3.05, 3.63) is 40.9 Å². The van der Waals surface area contributed by atoms with E-state index in [1.807, 2.05) is 4.57 Å². The van der Waals surface area contributed by atoms with Crippen LogP contribution in [-0.4, -0.2) is 14.8 Å². The first kappa shape index (κ1) is 13.1. The molecule has 2 rings (SSSR count). The van der Waals surface area contributed by atoms with Gasteiger partial charge in [0.2, 0.25) is 5.28 Å². The van der Waals surface area contributed by atoms with Crippen molar-refractivity contribution in [2.24, 2.45) is 0 Å². The van der Waals surface area contributed by atoms with Gasteiger partial charge in [0.25, 0.3) is 0 Å². The van der Waals surface area contributed by atoms with E-state index in [0.717, 1.165) is 11.5 Å². The molecule has 0 aliphatic heterocycles. The van der Waals surface area contributed by atoms with Gasteiger partial charge in [0.05, 0.1) is 0 Å². The molecule has 2 aromatic rings. The Bertz CT molecular complexity index is 526. The first-order valence-corrected chi connectivity index (χ1v) is 6.59. The molecule has 1 aromatic heterocycles. The molecule has 0 N–H and O–H groups in total. The number of hydrogen-bond donors (Lipinski definition) is 0. The summed E-state index contributed by atoms with van der Waals surface area (Å²) in [6.45, 7) is 8.53. The Morgan fingerprint density at radius 2 is 1.56 bits per heavy atom. The van der Waals surface area contributed by atoms with E-state index in [9.17, 15) is 0 Å². The van der Waals surface area contributed by atoms with E-state index in [1.165, 1.54) is 5.56 Å². The minimum absolute atomic E-state index is 0.287. The topological polar surface area (TPSA) is 30.7 Å². The smallest absolute Gasteiger partial charge is 0.229 e. The molecule has 96 valence electrons. The van der Waals surface area contributed by atoms with Gasteiger partial charge < -0.3 is 0 Å². The van der Waals surface area contributed by atoms with E-state index in [2.05, 4.69) is 62.2 Å². The molecule has 1 aromatic carbocycles. The lowest BCUT2D eigenvalue weighted by molar-refractivity contribution is 0.745. The molecule has 0 aliphatic carbocycles. The molecule has 0 bridgehead atoms. The molecule has 0 amide bonds. The van der Waals surface area contributed by atoms with Gasteiger partial charge in [-0.2, -0.15) is 0 Å². The van der Waals surface area contributed by atoms with Crippen molar-refractivity contribution in [3.63, 3.8) is 0 Å². The summed E-state index contributed by atoms with van der Waals surface area (Å²) in [4.78, 5) is 0. The minimum Gasteiger partial charge on any atom is -0.270 e. The predicted molar refractivity (Wildman–Crippen MR) is 74.5 cm³/mol. The molecule has 0 radical (unpaired) electrons. The van der Waals surface area contributed by atoms with Gasteiger partial charge in [0.1, 0.15) is 5.82 Å². The highest BCUT2D eigenvalue weighted by Gasteiger charge is 2.14. The van der Waals surface area contributed by atoms with Gasteiger partial charge in [-0.1, -0.05) is 39.8 Å². The Hall–Kier alpha value is -1.35. The Kier molecular flexibility index (Phi) is 3.71. The summed E-state index contributed by atoms with van der Waals surface area (Å²) in [5.74, 6) is 1.70. The maximum Gasteiger partial charge on any atom is 0.229 e. The lowest BCUT2D eigenvalue weighted by Crippen LogP contribution is -2.03. The number of rotatable bonds is 3. The van der Waals surface area contributed by atoms with Crippen LogP contribution >= 0.6 is 11.6 Å². The quantitative estimate of drug-likeness (QED) is 0.832. The molecule has 4 heteroatoms. The average molecular weight is 264 g/mol. The van der Waals surface area contributed by atoms with Crippen LogP contribution in [0.3, 0.4) is 0 Å². The van der Waals surface area contributed by atoms with Crippen molar-refractivity contribution in [3.8, 4) is 5.69 Å². The standard InChI is InChI=1S/C14H18ClN3/c1-9(2)11-5-7-12(8-6-11)18-13(10(3)4)16-17-14(18)15/h5-10H,1-4H3. The molecule has 0 saturated carbocycles. The molecule has 0 spiro atoms. The lowest BCUT2D eigenvalue weighted by atomic mass is 10.0. The molecule has 0 saturated heterocycles. The van der Waals surface area contributed by atoms with E-state index >= 15 is 0 Å². The van der Waals surface area contributed by atoms with Crippen LogP contribution in [0.2, 0.25) is 5.28 Å². The van der Waals surface area contributed by atoms with Crippen LogP contribution in [0, 0.1) is 0 Å². The molecule has 1 heterocycles. The lowest BCUT2D eigenvalue weighted by Gasteiger charge is -2.11. The van der Waals surface area contributed by atoms with Crippen LogP contribution < -0.4 is 0 Å². The van der Waals surface area contributed by atoms with Crippen molar-refractivity contribution in [1.82, 2.24) is 14.8 Å². The maximum absolute atomic E-state index is 6.12. The van der Waals surface area contributed by atoms with E-state index in [1.54, 1.807) is 0 Å². The van der Waals surface area contributed by atoms with Crippen molar-refractivity contribution in [1.29, 1.82) is 0 Å². The van der Waals surface area contributed by atoms with Crippen LogP contribution in [0.1, 0.15) is 50.9 Å². The van der Waals surface area contributed by atoms with E-state index in [0.29, 0.717) is 11.2 Å². The summed E-state index contributed by atoms with van der Waals surface area (Å²) in [6, 6.07) is 8.38. The third-order valence-electron chi connectivity index (χ3n) is 2.98. The second kappa shape index (κ2) is 5.11. The molecular weight excluding hydrogens is 246 g/mol. The third-order valence-corrected chi connectivity index (χ3v) is 3.23. The SMILES string of the molecule is CC(C)c1ccc(-n2c(Cl)nnc2C(C)C)cc1. The number of halogens is 1. The second-order valence-corrected chi connectivity index (χ2v) is 5.40. The number of benzene rings is 1. The highest BCUT2D eigenvalue weighted by Crippen LogP contribution is 2.23. The van der Waals surface area contributed by atoms with Gasteiger partial charge in [0, 0.05) is 11.6 Å². The van der Waals surface area contributed by atoms with Crippen molar-refractivity contribution in [2.45, 2.75) is 39.5 Å². The van der Waals surface area contributed by atoms with E-state index < -0.39 is 0 Å². The van der Waals surface area contributed by atoms with Gasteiger partial charge in [-0.05, 0) is 35.2 Å². The van der Waals surface area contributed by atoms with Crippen LogP contribution in [0.15, 0.2) is 24.3 Å². The monoisotopic (exact) mass is 263 g/mol. The number of aromatic nitrogens is 3. The highest BCUT2D eigenvalue weighted by atomic mass is 35.5. The molecule has 0 unspecified atom stereocenters. The first-order chi connectivity index (χ1) is 8.50. The van der Waals surface area contributed by atoms with Crippen LogP contribution in [0.25, 0.3) is 5.69 Å². The van der Waals surface area contributed by atoms with Gasteiger partial charge in [0.15, 0.2) is 0 Å². The fourth-order valence-corrected chi connectivity index (χ4v) is 2.12. The molecule has 3 nitrogen and oxygen atoms in total. The van der Waals surface area contributed by atoms with Gasteiger partial charge >= 0.3 is 0 Å². The Morgan fingerprint density at radius 3 is 2.06 bits per heavy atom. The van der Waals surface area contributed by atoms with E-state index in [4.69, 9.17) is 11.6 Å². The van der Waals surface area contributed by atoms with Crippen molar-refractivity contribution >= 4 is 11.6 Å². The molecular formula is C14H18ClN3. The normalized spacial score (nSPS) is 11.5. The van der Waals surface area contributed by atoms with Gasteiger partial charge in [-0.3, -0.25) is 4.57 Å². The predicted octanol–water partition coefficient (Wildman–Crippen LogP) is 4.17. The zero-order chi connectivity index (χ0) is 13.3. The van der Waals surface area contributed by atoms with Crippen molar-refractivity contribution < 1.29 is 0 Å². The maximum atomic E-state index is 6.12. The van der Waals surface area contributed by atoms with Crippen LogP contribution in [0.4, 0.5) is 0 Å². The summed E-state index contributed by atoms with van der Waals surface area (Å²) < 4.78 is 1.90. The average Bonchev–Trinajstić information content (AvgIpc) is 2.71. The Morgan fingerprint density at radius 1 is 0.944 bits per heavy atom. The summed E-state index contributed by atoms with van der Waals surface area (Å²) in [5, 5.41) is 8.49. The van der Waals surface area contributed by atoms with Crippen LogP contribution in [-0.2, 0) is 0 Å². The summed E-state index contributed by atoms with van der Waals surface area (Å²) in [7, 11) is 0. The van der Waals surface area contributed by atoms with Gasteiger partial charge in [-0.15, -0.1) is 10.2 Å². The largest absolute Gasteiger partial charge is 0.270 e. The molecule has 0 aliphatic rings. The summed E-state index contributed by atoms with van der Waals surface area (Å²) in [6.07, 6.45) is 0. The van der Waals surface area contributed by atoms with Crippen molar-refractivity contribution in [2.75, 3.05) is 0 Å². The zero-order valence-corrected chi connectivity index (χ0v) is 11.9. The third kappa shape index (κ3) is 2.41. The molecule has 0 atom stereocenters. The fourth-order valence-electron chi connectivity index (χ4n) is 1.90. The van der Waals surface area contributed by atoms with E-state index in [-0.39, 0.29) is 5.92 Å². The summed E-state index contributed by atoms with van der Waals surface area (Å²) >= 11 is 6.12. The van der Waals surface area contributed by atoms with Crippen LogP contribution in [0.5, 0.6) is 0 Å². The zero-order valence-electron chi connectivity index (χ0n) is 11.2. The number of hydrogen-bond acceptors (Lipinski definition) is 2. The Balaban J connectivity index is 2.45. The summed E-state index contributed by atoms with van der Waals surface area (Å²) in [5.41, 5.74) is 2.33. The Labute approximate surface area is 113 Å². The number of nitrogens with zero attached hydrogens (tertiary/aromatic N) is 3. The first-order valence-electron chi connectivity index (χ1n) is 6.22. The molecule has 0 fully saturated rings. The fraction of sp³-hybridized carbons (Fsp3) is 0.429. The second-order valence-electron chi connectivity index (χ2n) is 5.06. The minimum atomic E-state index is 0.287. The highest BCUT2D eigenvalue weighted by molar-refractivity contribution is 6.28. The molecule has 18 heavy (non-hydrogen) atoms.